The van der Waals surface area contributed by atoms with Crippen molar-refractivity contribution < 1.29 is 29.3 Å². The zero-order chi connectivity index (χ0) is 24.4. The maximum atomic E-state index is 13.2. The van der Waals surface area contributed by atoms with Gasteiger partial charge in [0, 0.05) is 26.2 Å². The molecule has 34 heavy (non-hydrogen) atoms. The molecular formula is C26H30N2O6. The summed E-state index contributed by atoms with van der Waals surface area (Å²) in [5.41, 5.74) is 2.48. The number of morpholine rings is 1. The van der Waals surface area contributed by atoms with Gasteiger partial charge >= 0.3 is 0 Å². The van der Waals surface area contributed by atoms with Crippen LogP contribution in [0.5, 0.6) is 11.5 Å². The van der Waals surface area contributed by atoms with Crippen LogP contribution in [0.1, 0.15) is 28.3 Å². The molecule has 1 unspecified atom stereocenters. The smallest absolute Gasteiger partial charge is 0.295 e. The molecular weight excluding hydrogens is 436 g/mol. The summed E-state index contributed by atoms with van der Waals surface area (Å²) in [5.74, 6) is -1.32. The summed E-state index contributed by atoms with van der Waals surface area (Å²) < 4.78 is 10.6. The highest BCUT2D eigenvalue weighted by molar-refractivity contribution is 6.46. The lowest BCUT2D eigenvalue weighted by atomic mass is 9.93. The lowest BCUT2D eigenvalue weighted by Crippen LogP contribution is -2.42. The topological polar surface area (TPSA) is 99.5 Å². The van der Waals surface area contributed by atoms with Gasteiger partial charge in [-0.15, -0.1) is 0 Å². The van der Waals surface area contributed by atoms with Gasteiger partial charge in [0.2, 0.25) is 0 Å². The number of aliphatic hydroxyl groups excluding tert-OH is 1. The van der Waals surface area contributed by atoms with Gasteiger partial charge < -0.3 is 24.6 Å². The predicted molar refractivity (Wildman–Crippen MR) is 127 cm³/mol. The summed E-state index contributed by atoms with van der Waals surface area (Å²) in [6.45, 7) is 7.38. The van der Waals surface area contributed by atoms with Crippen LogP contribution in [0.4, 0.5) is 0 Å². The Kier molecular flexibility index (Phi) is 6.90. The Morgan fingerprint density at radius 1 is 1.06 bits per heavy atom. The number of carbonyl (C=O) groups excluding carboxylic acids is 2. The summed E-state index contributed by atoms with van der Waals surface area (Å²) in [5, 5.41) is 21.8. The summed E-state index contributed by atoms with van der Waals surface area (Å²) in [7, 11) is 1.56. The van der Waals surface area contributed by atoms with Gasteiger partial charge in [-0.2, -0.15) is 0 Å². The van der Waals surface area contributed by atoms with Crippen LogP contribution in [0.2, 0.25) is 0 Å². The van der Waals surface area contributed by atoms with Gasteiger partial charge in [-0.1, -0.05) is 12.1 Å². The third-order valence-electron chi connectivity index (χ3n) is 6.60. The number of phenols is 1. The number of aryl methyl sites for hydroxylation is 2. The zero-order valence-corrected chi connectivity index (χ0v) is 19.7. The van der Waals surface area contributed by atoms with E-state index in [0.717, 1.165) is 24.2 Å². The number of ether oxygens (including phenoxy) is 2. The zero-order valence-electron chi connectivity index (χ0n) is 19.7. The van der Waals surface area contributed by atoms with E-state index in [1.54, 1.807) is 43.5 Å². The quantitative estimate of drug-likeness (QED) is 0.384. The second-order valence-electron chi connectivity index (χ2n) is 8.67. The van der Waals surface area contributed by atoms with E-state index >= 15 is 0 Å². The lowest BCUT2D eigenvalue weighted by molar-refractivity contribution is -0.140. The van der Waals surface area contributed by atoms with E-state index in [1.165, 1.54) is 4.90 Å². The third kappa shape index (κ3) is 4.51. The molecule has 180 valence electrons. The number of ketones is 1. The van der Waals surface area contributed by atoms with Crippen molar-refractivity contribution in [3.05, 3.63) is 64.2 Å². The van der Waals surface area contributed by atoms with Crippen LogP contribution in [0, 0.1) is 13.8 Å². The monoisotopic (exact) mass is 466 g/mol. The predicted octanol–water partition coefficient (Wildman–Crippen LogP) is 2.77. The van der Waals surface area contributed by atoms with E-state index in [1.807, 2.05) is 13.8 Å². The Bertz CT molecular complexity index is 1120. The molecule has 8 nitrogen and oxygen atoms in total. The van der Waals surface area contributed by atoms with E-state index < -0.39 is 17.7 Å². The maximum absolute atomic E-state index is 13.2. The molecule has 4 rings (SSSR count). The van der Waals surface area contributed by atoms with Crippen LogP contribution in [0.3, 0.4) is 0 Å². The fraction of sp³-hybridized carbons (Fsp3) is 0.385. The first kappa shape index (κ1) is 23.8. The number of aliphatic hydroxyl groups is 1. The standard InChI is InChI=1S/C26H30N2O6/c1-16-14-20(21(29)15-17(16)2)24(30)22-23(18-4-6-19(33-3)7-5-18)28(26(32)25(22)31)9-8-27-10-12-34-13-11-27/h4-7,14-15,23,29-30H,8-13H2,1-3H3/b24-22+. The van der Waals surface area contributed by atoms with Gasteiger partial charge in [-0.25, -0.2) is 0 Å². The molecule has 2 aromatic carbocycles. The first-order chi connectivity index (χ1) is 16.3. The summed E-state index contributed by atoms with van der Waals surface area (Å²) >= 11 is 0. The number of likely N-dealkylation sites (tertiary alicyclic amines) is 1. The molecule has 0 radical (unpaired) electrons. The molecule has 2 aliphatic heterocycles. The molecule has 0 aliphatic carbocycles. The van der Waals surface area contributed by atoms with Crippen molar-refractivity contribution in [2.75, 3.05) is 46.5 Å². The first-order valence-corrected chi connectivity index (χ1v) is 11.3. The van der Waals surface area contributed by atoms with Crippen LogP contribution in [-0.4, -0.2) is 78.2 Å². The highest BCUT2D eigenvalue weighted by Crippen LogP contribution is 2.41. The summed E-state index contributed by atoms with van der Waals surface area (Å²) in [6.07, 6.45) is 0. The minimum atomic E-state index is -0.784. The normalized spacial score (nSPS) is 20.7. The van der Waals surface area contributed by atoms with Crippen molar-refractivity contribution >= 4 is 17.4 Å². The Morgan fingerprint density at radius 2 is 1.71 bits per heavy atom. The van der Waals surface area contributed by atoms with Crippen LogP contribution in [0.15, 0.2) is 42.0 Å². The van der Waals surface area contributed by atoms with Crippen molar-refractivity contribution in [1.82, 2.24) is 9.80 Å². The number of hydrogen-bond donors (Lipinski definition) is 2. The van der Waals surface area contributed by atoms with Gasteiger partial charge in [-0.05, 0) is 54.8 Å². The Hall–Kier alpha value is -3.36. The number of benzene rings is 2. The van der Waals surface area contributed by atoms with Crippen molar-refractivity contribution in [2.45, 2.75) is 19.9 Å². The van der Waals surface area contributed by atoms with E-state index in [0.29, 0.717) is 37.6 Å². The van der Waals surface area contributed by atoms with Gasteiger partial charge in [0.05, 0.1) is 37.5 Å². The molecule has 2 heterocycles. The van der Waals surface area contributed by atoms with E-state index in [-0.39, 0.29) is 22.6 Å². The first-order valence-electron chi connectivity index (χ1n) is 11.3. The molecule has 1 amide bonds. The van der Waals surface area contributed by atoms with E-state index in [4.69, 9.17) is 9.47 Å². The van der Waals surface area contributed by atoms with Crippen molar-refractivity contribution in [2.24, 2.45) is 0 Å². The minimum absolute atomic E-state index is 0.0318. The van der Waals surface area contributed by atoms with Crippen molar-refractivity contribution in [1.29, 1.82) is 0 Å². The van der Waals surface area contributed by atoms with E-state index in [2.05, 4.69) is 4.90 Å². The Morgan fingerprint density at radius 3 is 2.35 bits per heavy atom. The lowest BCUT2D eigenvalue weighted by Gasteiger charge is -2.31. The molecule has 1 atom stereocenters. The molecule has 0 saturated carbocycles. The van der Waals surface area contributed by atoms with Crippen LogP contribution >= 0.6 is 0 Å². The second-order valence-corrected chi connectivity index (χ2v) is 8.67. The number of hydrogen-bond acceptors (Lipinski definition) is 7. The summed E-state index contributed by atoms with van der Waals surface area (Å²) in [6, 6.07) is 9.46. The van der Waals surface area contributed by atoms with Gasteiger partial charge in [0.25, 0.3) is 11.7 Å². The third-order valence-corrected chi connectivity index (χ3v) is 6.60. The largest absolute Gasteiger partial charge is 0.507 e. The molecule has 2 aliphatic rings. The van der Waals surface area contributed by atoms with Gasteiger partial charge in [0.1, 0.15) is 17.3 Å². The number of phenolic OH excluding ortho intramolecular Hbond substituents is 1. The average molecular weight is 467 g/mol. The van der Waals surface area contributed by atoms with Crippen LogP contribution in [-0.2, 0) is 14.3 Å². The molecule has 2 fully saturated rings. The SMILES string of the molecule is COc1ccc(C2/C(=C(\O)c3cc(C)c(C)cc3O)C(=O)C(=O)N2CCN2CCOCC2)cc1. The number of methoxy groups -OCH3 is 1. The molecule has 2 saturated heterocycles. The van der Waals surface area contributed by atoms with E-state index in [9.17, 15) is 19.8 Å². The van der Waals surface area contributed by atoms with Crippen LogP contribution < -0.4 is 4.74 Å². The Balaban J connectivity index is 1.78. The average Bonchev–Trinajstić information content (AvgIpc) is 3.10. The fourth-order valence-electron chi connectivity index (χ4n) is 4.45. The number of carbonyl (C=O) groups is 2. The number of aromatic hydroxyl groups is 1. The number of rotatable bonds is 6. The fourth-order valence-corrected chi connectivity index (χ4v) is 4.45. The van der Waals surface area contributed by atoms with Gasteiger partial charge in [-0.3, -0.25) is 14.5 Å². The molecule has 0 spiro atoms. The summed E-state index contributed by atoms with van der Waals surface area (Å²) in [4.78, 5) is 30.0. The van der Waals surface area contributed by atoms with Crippen LogP contribution in [0.25, 0.3) is 5.76 Å². The molecule has 2 N–H and O–H groups in total. The minimum Gasteiger partial charge on any atom is -0.507 e. The molecule has 0 aromatic heterocycles. The highest BCUT2D eigenvalue weighted by Gasteiger charge is 2.46. The molecule has 0 bridgehead atoms. The second kappa shape index (κ2) is 9.87. The number of nitrogens with zero attached hydrogens (tertiary/aromatic N) is 2. The number of Topliss-reactive ketones (excluding diaryl/α,β-unsaturated/α-hetero) is 1. The maximum Gasteiger partial charge on any atom is 0.295 e. The van der Waals surface area contributed by atoms with Crippen molar-refractivity contribution in [3.8, 4) is 11.5 Å². The van der Waals surface area contributed by atoms with Crippen molar-refractivity contribution in [3.63, 3.8) is 0 Å². The molecule has 2 aromatic rings. The number of amides is 1. The molecule has 8 heteroatoms. The highest BCUT2D eigenvalue weighted by atomic mass is 16.5. The Labute approximate surface area is 199 Å². The van der Waals surface area contributed by atoms with Gasteiger partial charge in [0.15, 0.2) is 0 Å².